The quantitative estimate of drug-likeness (QED) is 0.910. The Morgan fingerprint density at radius 1 is 1.40 bits per heavy atom. The van der Waals surface area contributed by atoms with Crippen LogP contribution in [0.4, 0.5) is 0 Å². The van der Waals surface area contributed by atoms with Gasteiger partial charge in [-0.1, -0.05) is 0 Å². The van der Waals surface area contributed by atoms with Gasteiger partial charge in [-0.3, -0.25) is 9.48 Å². The molecule has 1 amide bonds. The average molecular weight is 299 g/mol. The van der Waals surface area contributed by atoms with Gasteiger partial charge in [-0.05, 0) is 37.8 Å². The number of aryl methyl sites for hydroxylation is 2. The summed E-state index contributed by atoms with van der Waals surface area (Å²) in [6.45, 7) is 2.02. The van der Waals surface area contributed by atoms with Crippen LogP contribution in [0.1, 0.15) is 31.2 Å². The molecule has 2 fully saturated rings. The molecule has 2 saturated heterocycles. The highest BCUT2D eigenvalue weighted by molar-refractivity contribution is 5.85. The van der Waals surface area contributed by atoms with Crippen LogP contribution in [0.3, 0.4) is 0 Å². The van der Waals surface area contributed by atoms with Crippen molar-refractivity contribution in [3.05, 3.63) is 18.0 Å². The Kier molecular flexibility index (Phi) is 5.05. The highest BCUT2D eigenvalue weighted by Crippen LogP contribution is 2.28. The molecule has 2 aliphatic heterocycles. The molecule has 0 saturated carbocycles. The van der Waals surface area contributed by atoms with Crippen molar-refractivity contribution in [3.63, 3.8) is 0 Å². The molecule has 112 valence electrons. The molecular formula is C14H23ClN4O. The zero-order valence-electron chi connectivity index (χ0n) is 11.9. The molecule has 3 heterocycles. The van der Waals surface area contributed by atoms with E-state index >= 15 is 0 Å². The van der Waals surface area contributed by atoms with Crippen molar-refractivity contribution in [2.45, 2.75) is 44.2 Å². The lowest BCUT2D eigenvalue weighted by Gasteiger charge is -2.27. The first-order valence-electron chi connectivity index (χ1n) is 7.23. The number of halogens is 1. The highest BCUT2D eigenvalue weighted by atomic mass is 35.5. The molecule has 0 aliphatic carbocycles. The SMILES string of the molecule is Cl.Cn1cc(CCC(=O)N2[C@H]3CCNC[C@@H]2CC3)cn1. The van der Waals surface area contributed by atoms with E-state index in [1.807, 2.05) is 19.4 Å². The molecule has 0 aromatic carbocycles. The lowest BCUT2D eigenvalue weighted by atomic mass is 10.1. The number of fused-ring (bicyclic) bond motifs is 2. The molecule has 1 aromatic rings. The Bertz CT molecular complexity index is 448. The van der Waals surface area contributed by atoms with Gasteiger partial charge in [-0.15, -0.1) is 12.4 Å². The van der Waals surface area contributed by atoms with Crippen LogP contribution >= 0.6 is 12.4 Å². The maximum Gasteiger partial charge on any atom is 0.223 e. The van der Waals surface area contributed by atoms with Crippen molar-refractivity contribution in [1.29, 1.82) is 0 Å². The first-order chi connectivity index (χ1) is 9.24. The van der Waals surface area contributed by atoms with Crippen LogP contribution in [-0.4, -0.2) is 45.8 Å². The number of carbonyl (C=O) groups is 1. The van der Waals surface area contributed by atoms with Crippen LogP contribution in [0.25, 0.3) is 0 Å². The third-order valence-corrected chi connectivity index (χ3v) is 4.33. The van der Waals surface area contributed by atoms with Crippen molar-refractivity contribution in [2.75, 3.05) is 13.1 Å². The van der Waals surface area contributed by atoms with Crippen molar-refractivity contribution >= 4 is 18.3 Å². The summed E-state index contributed by atoms with van der Waals surface area (Å²) in [6.07, 6.45) is 8.71. The molecule has 5 nitrogen and oxygen atoms in total. The van der Waals surface area contributed by atoms with E-state index in [0.29, 0.717) is 24.4 Å². The van der Waals surface area contributed by atoms with E-state index in [2.05, 4.69) is 15.3 Å². The molecule has 0 unspecified atom stereocenters. The average Bonchev–Trinajstić information content (AvgIpc) is 2.89. The minimum atomic E-state index is 0. The summed E-state index contributed by atoms with van der Waals surface area (Å²) in [4.78, 5) is 14.6. The Labute approximate surface area is 126 Å². The number of rotatable bonds is 3. The summed E-state index contributed by atoms with van der Waals surface area (Å²) in [7, 11) is 1.91. The van der Waals surface area contributed by atoms with E-state index in [-0.39, 0.29) is 12.4 Å². The van der Waals surface area contributed by atoms with E-state index in [4.69, 9.17) is 0 Å². The second kappa shape index (κ2) is 6.59. The third-order valence-electron chi connectivity index (χ3n) is 4.33. The van der Waals surface area contributed by atoms with Crippen LogP contribution < -0.4 is 5.32 Å². The lowest BCUT2D eigenvalue weighted by molar-refractivity contribution is -0.133. The molecule has 1 N–H and O–H groups in total. The second-order valence-electron chi connectivity index (χ2n) is 5.70. The number of hydrogen-bond acceptors (Lipinski definition) is 3. The Morgan fingerprint density at radius 3 is 2.95 bits per heavy atom. The standard InChI is InChI=1S/C14H22N4O.ClH/c1-17-10-11(8-16-17)2-5-14(19)18-12-3-4-13(18)9-15-7-6-12;/h8,10,12-13,15H,2-7,9H2,1H3;1H/t12-,13+;/m1./s1. The van der Waals surface area contributed by atoms with E-state index in [1.54, 1.807) is 4.68 Å². The fourth-order valence-corrected chi connectivity index (χ4v) is 3.37. The predicted octanol–water partition coefficient (Wildman–Crippen LogP) is 1.13. The van der Waals surface area contributed by atoms with E-state index in [0.717, 1.165) is 37.9 Å². The molecule has 2 bridgehead atoms. The number of aromatic nitrogens is 2. The van der Waals surface area contributed by atoms with Crippen LogP contribution in [-0.2, 0) is 18.3 Å². The number of nitrogens with zero attached hydrogens (tertiary/aromatic N) is 3. The lowest BCUT2D eigenvalue weighted by Crippen LogP contribution is -2.42. The first kappa shape index (κ1) is 15.3. The number of carbonyl (C=O) groups excluding carboxylic acids is 1. The predicted molar refractivity (Wildman–Crippen MR) is 79.9 cm³/mol. The summed E-state index contributed by atoms with van der Waals surface area (Å²) < 4.78 is 1.79. The normalized spacial score (nSPS) is 25.1. The van der Waals surface area contributed by atoms with Gasteiger partial charge in [0.1, 0.15) is 0 Å². The van der Waals surface area contributed by atoms with Gasteiger partial charge in [0.25, 0.3) is 0 Å². The summed E-state index contributed by atoms with van der Waals surface area (Å²) >= 11 is 0. The topological polar surface area (TPSA) is 50.2 Å². The van der Waals surface area contributed by atoms with E-state index < -0.39 is 0 Å². The summed E-state index contributed by atoms with van der Waals surface area (Å²) in [6, 6.07) is 0.898. The van der Waals surface area contributed by atoms with Crippen molar-refractivity contribution in [3.8, 4) is 0 Å². The van der Waals surface area contributed by atoms with Gasteiger partial charge in [-0.2, -0.15) is 5.10 Å². The minimum Gasteiger partial charge on any atom is -0.335 e. The van der Waals surface area contributed by atoms with Gasteiger partial charge < -0.3 is 10.2 Å². The zero-order chi connectivity index (χ0) is 13.2. The molecule has 2 atom stereocenters. The maximum atomic E-state index is 12.5. The molecule has 6 heteroatoms. The summed E-state index contributed by atoms with van der Waals surface area (Å²) in [5.41, 5.74) is 1.15. The molecule has 20 heavy (non-hydrogen) atoms. The van der Waals surface area contributed by atoms with Gasteiger partial charge in [0.05, 0.1) is 6.20 Å². The van der Waals surface area contributed by atoms with Gasteiger partial charge in [0, 0.05) is 38.3 Å². The molecule has 3 rings (SSSR count). The van der Waals surface area contributed by atoms with Crippen LogP contribution in [0.15, 0.2) is 12.4 Å². The van der Waals surface area contributed by atoms with Crippen molar-refractivity contribution < 1.29 is 4.79 Å². The maximum absolute atomic E-state index is 12.5. The van der Waals surface area contributed by atoms with Crippen LogP contribution in [0.2, 0.25) is 0 Å². The number of amides is 1. The highest BCUT2D eigenvalue weighted by Gasteiger charge is 2.37. The van der Waals surface area contributed by atoms with Crippen molar-refractivity contribution in [2.24, 2.45) is 7.05 Å². The molecule has 1 aromatic heterocycles. The fraction of sp³-hybridized carbons (Fsp3) is 0.714. The van der Waals surface area contributed by atoms with Gasteiger partial charge in [0.2, 0.25) is 5.91 Å². The first-order valence-corrected chi connectivity index (χ1v) is 7.23. The van der Waals surface area contributed by atoms with Gasteiger partial charge in [-0.25, -0.2) is 0 Å². The van der Waals surface area contributed by atoms with Crippen LogP contribution in [0, 0.1) is 0 Å². The Hall–Kier alpha value is -1.07. The molecular weight excluding hydrogens is 276 g/mol. The van der Waals surface area contributed by atoms with Gasteiger partial charge >= 0.3 is 0 Å². The molecule has 0 spiro atoms. The monoisotopic (exact) mass is 298 g/mol. The summed E-state index contributed by atoms with van der Waals surface area (Å²) in [5.74, 6) is 0.319. The smallest absolute Gasteiger partial charge is 0.223 e. The largest absolute Gasteiger partial charge is 0.335 e. The molecule has 2 aliphatic rings. The fourth-order valence-electron chi connectivity index (χ4n) is 3.37. The molecule has 0 radical (unpaired) electrons. The van der Waals surface area contributed by atoms with E-state index in [1.165, 1.54) is 6.42 Å². The van der Waals surface area contributed by atoms with Gasteiger partial charge in [0.15, 0.2) is 0 Å². The summed E-state index contributed by atoms with van der Waals surface area (Å²) in [5, 5.41) is 7.58. The third kappa shape index (κ3) is 3.15. The Morgan fingerprint density at radius 2 is 2.20 bits per heavy atom. The van der Waals surface area contributed by atoms with Crippen LogP contribution in [0.5, 0.6) is 0 Å². The number of nitrogens with one attached hydrogen (secondary N) is 1. The zero-order valence-corrected chi connectivity index (χ0v) is 12.7. The van der Waals surface area contributed by atoms with Crippen molar-refractivity contribution in [1.82, 2.24) is 20.0 Å². The van der Waals surface area contributed by atoms with E-state index in [9.17, 15) is 4.79 Å². The Balaban J connectivity index is 0.00000147. The number of hydrogen-bond donors (Lipinski definition) is 1. The minimum absolute atomic E-state index is 0. The second-order valence-corrected chi connectivity index (χ2v) is 5.70.